The van der Waals surface area contributed by atoms with Gasteiger partial charge in [-0.25, -0.2) is 12.7 Å². The maximum Gasteiger partial charge on any atom is 0.265 e. The minimum Gasteiger partial charge on any atom is -0.385 e. The molecule has 148 valence electrons. The van der Waals surface area contributed by atoms with E-state index in [1.165, 1.54) is 32.3 Å². The topological polar surface area (TPSA) is 106 Å². The monoisotopic (exact) mass is 403 g/mol. The Bertz CT molecular complexity index is 1120. The van der Waals surface area contributed by atoms with Crippen LogP contribution in [0.1, 0.15) is 11.1 Å². The Morgan fingerprint density at radius 3 is 2.50 bits per heavy atom. The van der Waals surface area contributed by atoms with Crippen molar-refractivity contribution in [1.82, 2.24) is 19.5 Å². The number of nitrogens with one attached hydrogen (secondary N) is 1. The Morgan fingerprint density at radius 1 is 1.18 bits per heavy atom. The normalized spacial score (nSPS) is 11.8. The summed E-state index contributed by atoms with van der Waals surface area (Å²) in [6.45, 7) is 3.50. The van der Waals surface area contributed by atoms with Crippen molar-refractivity contribution in [2.24, 2.45) is 0 Å². The van der Waals surface area contributed by atoms with Crippen molar-refractivity contribution in [3.63, 3.8) is 0 Å². The van der Waals surface area contributed by atoms with Gasteiger partial charge in [0.25, 0.3) is 5.91 Å². The lowest BCUT2D eigenvalue weighted by atomic mass is 10.1. The molecule has 3 rings (SSSR count). The quantitative estimate of drug-likeness (QED) is 0.666. The Kier molecular flexibility index (Phi) is 5.34. The van der Waals surface area contributed by atoms with E-state index in [0.717, 1.165) is 26.0 Å². The molecule has 1 aromatic heterocycles. The second-order valence-electron chi connectivity index (χ2n) is 6.49. The molecule has 0 atom stereocenters. The molecule has 0 fully saturated rings. The maximum atomic E-state index is 12.3. The Balaban J connectivity index is 1.78. The minimum atomic E-state index is -3.61. The third-order valence-corrected chi connectivity index (χ3v) is 6.04. The van der Waals surface area contributed by atoms with Gasteiger partial charge >= 0.3 is 0 Å². The van der Waals surface area contributed by atoms with Gasteiger partial charge in [-0.3, -0.25) is 4.79 Å². The molecule has 0 saturated carbocycles. The minimum absolute atomic E-state index is 0.0807. The third kappa shape index (κ3) is 3.82. The lowest BCUT2D eigenvalue weighted by Crippen LogP contribution is -2.26. The number of aryl methyl sites for hydroxylation is 2. The zero-order valence-electron chi connectivity index (χ0n) is 16.0. The van der Waals surface area contributed by atoms with Crippen LogP contribution >= 0.6 is 0 Å². The van der Waals surface area contributed by atoms with Gasteiger partial charge < -0.3 is 10.2 Å². The van der Waals surface area contributed by atoms with Gasteiger partial charge in [-0.1, -0.05) is 23.0 Å². The van der Waals surface area contributed by atoms with Gasteiger partial charge in [-0.2, -0.15) is 0 Å². The Hall–Kier alpha value is -2.98. The fourth-order valence-electron chi connectivity index (χ4n) is 2.65. The molecule has 1 amide bonds. The summed E-state index contributed by atoms with van der Waals surface area (Å²) in [5, 5.41) is 10.6. The number of nitrogens with zero attached hydrogens (tertiary/aromatic N) is 4. The van der Waals surface area contributed by atoms with E-state index in [1.807, 2.05) is 32.0 Å². The molecule has 0 aliphatic carbocycles. The first-order valence-corrected chi connectivity index (χ1v) is 9.91. The number of carbonyl (C=O) groups excluding carboxylic acids is 1. The first kappa shape index (κ1) is 19.8. The van der Waals surface area contributed by atoms with Crippen LogP contribution in [0.4, 0.5) is 5.69 Å². The molecule has 0 aliphatic heterocycles. The number of anilines is 1. The molecular formula is C18H21N5O4S. The van der Waals surface area contributed by atoms with E-state index in [1.54, 1.807) is 0 Å². The molecule has 0 radical (unpaired) electrons. The van der Waals surface area contributed by atoms with Crippen LogP contribution in [0.2, 0.25) is 0 Å². The summed E-state index contributed by atoms with van der Waals surface area (Å²) in [6, 6.07) is 10.1. The van der Waals surface area contributed by atoms with E-state index in [0.29, 0.717) is 11.0 Å². The zero-order chi connectivity index (χ0) is 20.5. The number of hydrogen-bond donors (Lipinski definition) is 1. The molecule has 3 aromatic rings. The zero-order valence-corrected chi connectivity index (χ0v) is 16.8. The summed E-state index contributed by atoms with van der Waals surface area (Å²) < 4.78 is 25.7. The van der Waals surface area contributed by atoms with E-state index in [2.05, 4.69) is 15.6 Å². The fourth-order valence-corrected chi connectivity index (χ4v) is 3.57. The molecule has 0 spiro atoms. The summed E-state index contributed by atoms with van der Waals surface area (Å²) in [5.74, 6) is -0.363. The van der Waals surface area contributed by atoms with Crippen LogP contribution in [0.25, 0.3) is 11.0 Å². The van der Waals surface area contributed by atoms with E-state index in [-0.39, 0.29) is 17.4 Å². The van der Waals surface area contributed by atoms with E-state index in [4.69, 9.17) is 4.84 Å². The molecule has 10 heteroatoms. The smallest absolute Gasteiger partial charge is 0.265 e. The van der Waals surface area contributed by atoms with Crippen molar-refractivity contribution < 1.29 is 18.0 Å². The average molecular weight is 403 g/mol. The van der Waals surface area contributed by atoms with Crippen LogP contribution in [0.3, 0.4) is 0 Å². The van der Waals surface area contributed by atoms with Crippen molar-refractivity contribution in [2.75, 3.05) is 26.0 Å². The number of benzene rings is 2. The fraction of sp³-hybridized carbons (Fsp3) is 0.278. The number of carbonyl (C=O) groups is 1. The van der Waals surface area contributed by atoms with E-state index >= 15 is 0 Å². The van der Waals surface area contributed by atoms with Crippen LogP contribution in [0.5, 0.6) is 0 Å². The number of hydrogen-bond acceptors (Lipinski definition) is 6. The van der Waals surface area contributed by atoms with Crippen LogP contribution in [0, 0.1) is 13.8 Å². The SMILES string of the molecule is Cc1cccc(C)c1NC(=O)COn1nnc2ccc(S(=O)(=O)N(C)C)cc21. The van der Waals surface area contributed by atoms with Crippen molar-refractivity contribution in [2.45, 2.75) is 18.7 Å². The molecule has 1 heterocycles. The van der Waals surface area contributed by atoms with Gasteiger partial charge in [0, 0.05) is 19.8 Å². The second kappa shape index (κ2) is 7.56. The van der Waals surface area contributed by atoms with Gasteiger partial charge in [-0.05, 0) is 48.4 Å². The first-order chi connectivity index (χ1) is 13.2. The third-order valence-electron chi connectivity index (χ3n) is 4.23. The highest BCUT2D eigenvalue weighted by Gasteiger charge is 2.19. The molecule has 28 heavy (non-hydrogen) atoms. The van der Waals surface area contributed by atoms with Crippen molar-refractivity contribution in [1.29, 1.82) is 0 Å². The predicted molar refractivity (Wildman–Crippen MR) is 104 cm³/mol. The van der Waals surface area contributed by atoms with E-state index in [9.17, 15) is 13.2 Å². The van der Waals surface area contributed by atoms with Crippen LogP contribution in [0.15, 0.2) is 41.3 Å². The van der Waals surface area contributed by atoms with Gasteiger partial charge in [0.2, 0.25) is 10.0 Å². The van der Waals surface area contributed by atoms with Gasteiger partial charge in [0.1, 0.15) is 11.0 Å². The number of rotatable bonds is 6. The average Bonchev–Trinajstić information content (AvgIpc) is 3.05. The summed E-state index contributed by atoms with van der Waals surface area (Å²) >= 11 is 0. The van der Waals surface area contributed by atoms with Gasteiger partial charge in [0.05, 0.1) is 4.90 Å². The highest BCUT2D eigenvalue weighted by Crippen LogP contribution is 2.20. The van der Waals surface area contributed by atoms with Crippen LogP contribution in [-0.4, -0.2) is 54.5 Å². The summed E-state index contributed by atoms with van der Waals surface area (Å²) in [5.41, 5.74) is 3.42. The van der Waals surface area contributed by atoms with Crippen LogP contribution in [-0.2, 0) is 14.8 Å². The maximum absolute atomic E-state index is 12.3. The number of fused-ring (bicyclic) bond motifs is 1. The molecule has 0 unspecified atom stereocenters. The highest BCUT2D eigenvalue weighted by molar-refractivity contribution is 7.89. The lowest BCUT2D eigenvalue weighted by molar-refractivity contribution is -0.121. The number of sulfonamides is 1. The molecule has 0 aliphatic rings. The molecule has 0 bridgehead atoms. The molecule has 1 N–H and O–H groups in total. The number of amides is 1. The largest absolute Gasteiger partial charge is 0.385 e. The molecule has 9 nitrogen and oxygen atoms in total. The van der Waals surface area contributed by atoms with Gasteiger partial charge in [0.15, 0.2) is 6.61 Å². The van der Waals surface area contributed by atoms with Crippen molar-refractivity contribution in [3.05, 3.63) is 47.5 Å². The summed E-state index contributed by atoms with van der Waals surface area (Å²) in [7, 11) is -0.719. The van der Waals surface area contributed by atoms with Crippen molar-refractivity contribution in [3.8, 4) is 0 Å². The number of aromatic nitrogens is 3. The first-order valence-electron chi connectivity index (χ1n) is 8.47. The van der Waals surface area contributed by atoms with Crippen molar-refractivity contribution >= 4 is 32.7 Å². The summed E-state index contributed by atoms with van der Waals surface area (Å²) in [6.07, 6.45) is 0. The second-order valence-corrected chi connectivity index (χ2v) is 8.64. The molecule has 0 saturated heterocycles. The Morgan fingerprint density at radius 2 is 1.86 bits per heavy atom. The van der Waals surface area contributed by atoms with Gasteiger partial charge in [-0.15, -0.1) is 5.10 Å². The standard InChI is InChI=1S/C18H21N5O4S/c1-12-6-5-7-13(2)18(12)19-17(24)11-27-23-16-10-14(28(25,26)22(3)4)8-9-15(16)20-21-23/h5-10H,11H2,1-4H3,(H,19,24). The van der Waals surface area contributed by atoms with Crippen LogP contribution < -0.4 is 10.2 Å². The number of para-hydroxylation sites is 1. The van der Waals surface area contributed by atoms with E-state index < -0.39 is 10.0 Å². The summed E-state index contributed by atoms with van der Waals surface area (Å²) in [4.78, 5) is 18.8. The Labute approximate surface area is 162 Å². The lowest BCUT2D eigenvalue weighted by Gasteiger charge is -2.12. The molecule has 2 aromatic carbocycles. The predicted octanol–water partition coefficient (Wildman–Crippen LogP) is 1.37. The molecular weight excluding hydrogens is 382 g/mol. The highest BCUT2D eigenvalue weighted by atomic mass is 32.2.